The molecule has 0 saturated heterocycles. The molecule has 0 radical (unpaired) electrons. The van der Waals surface area contributed by atoms with Crippen molar-refractivity contribution >= 4 is 27.0 Å². The number of nitrogens with zero attached hydrogens (tertiary/aromatic N) is 3. The van der Waals surface area contributed by atoms with Gasteiger partial charge in [0.2, 0.25) is 0 Å². The van der Waals surface area contributed by atoms with Crippen molar-refractivity contribution in [2.75, 3.05) is 0 Å². The number of para-hydroxylation sites is 2. The minimum atomic E-state index is 0.244. The molecule has 2 aromatic heterocycles. The molecule has 0 spiro atoms. The van der Waals surface area contributed by atoms with Crippen LogP contribution in [0.15, 0.2) is 45.5 Å². The van der Waals surface area contributed by atoms with Crippen molar-refractivity contribution in [3.05, 3.63) is 41.1 Å². The smallest absolute Gasteiger partial charge is 0.178 e. The summed E-state index contributed by atoms with van der Waals surface area (Å²) in [4.78, 5) is 4.51. The molecule has 0 bridgehead atoms. The van der Waals surface area contributed by atoms with Gasteiger partial charge in [-0.05, 0) is 40.2 Å². The number of rotatable bonds is 2. The average Bonchev–Trinajstić information content (AvgIpc) is 2.95. The molecule has 0 N–H and O–H groups in total. The summed E-state index contributed by atoms with van der Waals surface area (Å²) >= 11 is 3.27. The minimum absolute atomic E-state index is 0.244. The van der Waals surface area contributed by atoms with Crippen molar-refractivity contribution < 1.29 is 4.42 Å². The van der Waals surface area contributed by atoms with Crippen LogP contribution in [-0.2, 0) is 6.54 Å². The van der Waals surface area contributed by atoms with Gasteiger partial charge >= 0.3 is 0 Å². The van der Waals surface area contributed by atoms with E-state index in [2.05, 4.69) is 27.0 Å². The quantitative estimate of drug-likeness (QED) is 0.727. The van der Waals surface area contributed by atoms with Crippen LogP contribution in [-0.4, -0.2) is 9.55 Å². The van der Waals surface area contributed by atoms with E-state index in [-0.39, 0.29) is 6.54 Å². The third-order valence-corrected chi connectivity index (χ3v) is 3.10. The highest BCUT2D eigenvalue weighted by atomic mass is 79.9. The van der Waals surface area contributed by atoms with Gasteiger partial charge in [0.05, 0.1) is 17.1 Å². The molecule has 18 heavy (non-hydrogen) atoms. The van der Waals surface area contributed by atoms with Crippen LogP contribution in [0.5, 0.6) is 0 Å². The first kappa shape index (κ1) is 11.1. The summed E-state index contributed by atoms with van der Waals surface area (Å²) in [5.41, 5.74) is 1.79. The highest BCUT2D eigenvalue weighted by Gasteiger charge is 2.14. The van der Waals surface area contributed by atoms with Gasteiger partial charge in [0.15, 0.2) is 16.3 Å². The van der Waals surface area contributed by atoms with Gasteiger partial charge in [0, 0.05) is 0 Å². The first-order valence-electron chi connectivity index (χ1n) is 5.37. The van der Waals surface area contributed by atoms with Crippen molar-refractivity contribution in [3.63, 3.8) is 0 Å². The molecule has 3 aromatic rings. The fraction of sp³-hybridized carbons (Fsp3) is 0.0769. The van der Waals surface area contributed by atoms with Gasteiger partial charge < -0.3 is 8.98 Å². The Labute approximate surface area is 112 Å². The maximum absolute atomic E-state index is 8.94. The van der Waals surface area contributed by atoms with E-state index in [1.807, 2.05) is 41.0 Å². The lowest BCUT2D eigenvalue weighted by molar-refractivity contribution is 0.548. The molecule has 0 aliphatic rings. The Kier molecular flexibility index (Phi) is 2.65. The molecule has 0 aliphatic heterocycles. The Hall–Kier alpha value is -2.06. The van der Waals surface area contributed by atoms with Gasteiger partial charge in [0.1, 0.15) is 6.54 Å². The number of hydrogen-bond acceptors (Lipinski definition) is 3. The molecule has 0 fully saturated rings. The third-order valence-electron chi connectivity index (χ3n) is 2.68. The minimum Gasteiger partial charge on any atom is -0.446 e. The van der Waals surface area contributed by atoms with Crippen LogP contribution in [0.3, 0.4) is 0 Å². The molecular weight excluding hydrogens is 294 g/mol. The van der Waals surface area contributed by atoms with E-state index in [0.717, 1.165) is 11.0 Å². The second kappa shape index (κ2) is 4.31. The van der Waals surface area contributed by atoms with E-state index < -0.39 is 0 Å². The summed E-state index contributed by atoms with van der Waals surface area (Å²) in [6.45, 7) is 0.244. The molecule has 0 aliphatic carbocycles. The number of fused-ring (bicyclic) bond motifs is 1. The average molecular weight is 302 g/mol. The largest absolute Gasteiger partial charge is 0.446 e. The van der Waals surface area contributed by atoms with Crippen molar-refractivity contribution in [2.45, 2.75) is 6.54 Å². The number of halogens is 1. The number of hydrogen-bond donors (Lipinski definition) is 0. The fourth-order valence-corrected chi connectivity index (χ4v) is 2.24. The lowest BCUT2D eigenvalue weighted by atomic mass is 10.3. The van der Waals surface area contributed by atoms with Gasteiger partial charge in [0.25, 0.3) is 0 Å². The Bertz CT molecular complexity index is 751. The zero-order chi connectivity index (χ0) is 12.5. The highest BCUT2D eigenvalue weighted by Crippen LogP contribution is 2.27. The van der Waals surface area contributed by atoms with Gasteiger partial charge in [-0.25, -0.2) is 4.98 Å². The Morgan fingerprint density at radius 2 is 2.11 bits per heavy atom. The summed E-state index contributed by atoms with van der Waals surface area (Å²) < 4.78 is 8.00. The number of aromatic nitrogens is 2. The lowest BCUT2D eigenvalue weighted by Crippen LogP contribution is -1.97. The van der Waals surface area contributed by atoms with Crippen LogP contribution in [0.25, 0.3) is 22.6 Å². The summed E-state index contributed by atoms with van der Waals surface area (Å²) in [6.07, 6.45) is 0. The van der Waals surface area contributed by atoms with Crippen LogP contribution in [0.1, 0.15) is 0 Å². The van der Waals surface area contributed by atoms with E-state index in [4.69, 9.17) is 9.68 Å². The molecule has 88 valence electrons. The standard InChI is InChI=1S/C13H8BrN3O/c14-12-6-5-11(18-12)13-16-9-3-1-2-4-10(9)17(13)8-7-15/h1-6H,8H2. The molecule has 0 atom stereocenters. The number of furan rings is 1. The lowest BCUT2D eigenvalue weighted by Gasteiger charge is -2.01. The van der Waals surface area contributed by atoms with Gasteiger partial charge in [-0.1, -0.05) is 12.1 Å². The van der Waals surface area contributed by atoms with Crippen LogP contribution in [0.2, 0.25) is 0 Å². The van der Waals surface area contributed by atoms with Crippen LogP contribution in [0, 0.1) is 11.3 Å². The zero-order valence-electron chi connectivity index (χ0n) is 9.30. The maximum Gasteiger partial charge on any atom is 0.178 e. The summed E-state index contributed by atoms with van der Waals surface area (Å²) in [5, 5.41) is 8.94. The molecular formula is C13H8BrN3O. The van der Waals surface area contributed by atoms with Gasteiger partial charge in [-0.2, -0.15) is 5.26 Å². The van der Waals surface area contributed by atoms with E-state index in [9.17, 15) is 0 Å². The molecule has 0 saturated carbocycles. The van der Waals surface area contributed by atoms with Gasteiger partial charge in [-0.15, -0.1) is 0 Å². The van der Waals surface area contributed by atoms with Crippen molar-refractivity contribution in [3.8, 4) is 17.7 Å². The number of nitriles is 1. The monoisotopic (exact) mass is 301 g/mol. The number of benzene rings is 1. The van der Waals surface area contributed by atoms with Crippen LogP contribution >= 0.6 is 15.9 Å². The normalized spacial score (nSPS) is 10.7. The van der Waals surface area contributed by atoms with Crippen molar-refractivity contribution in [1.82, 2.24) is 9.55 Å². The molecule has 5 heteroatoms. The van der Waals surface area contributed by atoms with E-state index in [1.54, 1.807) is 0 Å². The van der Waals surface area contributed by atoms with Crippen molar-refractivity contribution in [1.29, 1.82) is 5.26 Å². The Balaban J connectivity index is 2.28. The highest BCUT2D eigenvalue weighted by molar-refractivity contribution is 9.10. The molecule has 2 heterocycles. The molecule has 0 unspecified atom stereocenters. The van der Waals surface area contributed by atoms with E-state index in [1.165, 1.54) is 0 Å². The molecule has 0 amide bonds. The summed E-state index contributed by atoms with van der Waals surface area (Å²) in [5.74, 6) is 1.32. The van der Waals surface area contributed by atoms with Crippen LogP contribution in [0.4, 0.5) is 0 Å². The second-order valence-corrected chi connectivity index (χ2v) is 4.55. The predicted molar refractivity (Wildman–Crippen MR) is 70.7 cm³/mol. The second-order valence-electron chi connectivity index (χ2n) is 3.77. The Morgan fingerprint density at radius 3 is 2.83 bits per heavy atom. The molecule has 3 rings (SSSR count). The number of imidazole rings is 1. The third kappa shape index (κ3) is 1.71. The van der Waals surface area contributed by atoms with E-state index in [0.29, 0.717) is 16.3 Å². The molecule has 1 aromatic carbocycles. The van der Waals surface area contributed by atoms with Crippen LogP contribution < -0.4 is 0 Å². The topological polar surface area (TPSA) is 54.8 Å². The van der Waals surface area contributed by atoms with E-state index >= 15 is 0 Å². The maximum atomic E-state index is 8.94. The summed E-state index contributed by atoms with van der Waals surface area (Å²) in [7, 11) is 0. The Morgan fingerprint density at radius 1 is 1.28 bits per heavy atom. The first-order valence-corrected chi connectivity index (χ1v) is 6.17. The molecule has 4 nitrogen and oxygen atoms in total. The predicted octanol–water partition coefficient (Wildman–Crippen LogP) is 3.58. The zero-order valence-corrected chi connectivity index (χ0v) is 10.9. The first-order chi connectivity index (χ1) is 8.79. The van der Waals surface area contributed by atoms with Gasteiger partial charge in [-0.3, -0.25) is 0 Å². The van der Waals surface area contributed by atoms with Crippen molar-refractivity contribution in [2.24, 2.45) is 0 Å². The SMILES string of the molecule is N#CCn1c(-c2ccc(Br)o2)nc2ccccc21. The summed E-state index contributed by atoms with van der Waals surface area (Å²) in [6, 6.07) is 13.5. The fourth-order valence-electron chi connectivity index (χ4n) is 1.93.